The van der Waals surface area contributed by atoms with Gasteiger partial charge in [0.15, 0.2) is 0 Å². The molecule has 0 spiro atoms. The van der Waals surface area contributed by atoms with Gasteiger partial charge in [-0.2, -0.15) is 8.78 Å². The first-order chi connectivity index (χ1) is 13.8. The van der Waals surface area contributed by atoms with Crippen molar-refractivity contribution in [2.75, 3.05) is 6.54 Å². The lowest BCUT2D eigenvalue weighted by Gasteiger charge is -2.22. The minimum atomic E-state index is -3.15. The third kappa shape index (κ3) is 4.65. The Balaban J connectivity index is 1.94. The average molecular weight is 434 g/mol. The third-order valence-electron chi connectivity index (χ3n) is 3.93. The number of carbonyl (C=O) groups excluding carboxylic acids is 2. The molecule has 1 aliphatic rings. The highest BCUT2D eigenvalue weighted by Crippen LogP contribution is 2.30. The van der Waals surface area contributed by atoms with Crippen molar-refractivity contribution in [2.24, 2.45) is 0 Å². The van der Waals surface area contributed by atoms with Crippen LogP contribution >= 0.6 is 11.6 Å². The van der Waals surface area contributed by atoms with Crippen molar-refractivity contribution in [1.29, 1.82) is 0 Å². The van der Waals surface area contributed by atoms with Crippen LogP contribution in [0.25, 0.3) is 0 Å². The second kappa shape index (κ2) is 8.47. The van der Waals surface area contributed by atoms with E-state index in [0.717, 1.165) is 24.5 Å². The molecule has 8 nitrogen and oxygen atoms in total. The van der Waals surface area contributed by atoms with Crippen molar-refractivity contribution in [3.8, 4) is 6.01 Å². The first-order valence-electron chi connectivity index (χ1n) is 8.01. The number of carbonyl (C=O) groups is 2. The van der Waals surface area contributed by atoms with Crippen LogP contribution in [0.4, 0.5) is 22.4 Å². The lowest BCUT2D eigenvalue weighted by molar-refractivity contribution is -0.122. The van der Waals surface area contributed by atoms with Crippen molar-refractivity contribution < 1.29 is 31.9 Å². The van der Waals surface area contributed by atoms with Gasteiger partial charge in [-0.05, 0) is 6.07 Å². The van der Waals surface area contributed by atoms with Crippen LogP contribution in [-0.4, -0.2) is 41.1 Å². The standard InChI is InChI=1S/C16H12ClF4N5O3/c17-10-8(18)2-1-7(11(10)19)12(26-13(27)9-5-22-15(28)25-9)6-3-23-16(24-4-6)29-14(20)21/h1-4,9,12,14H,5H2,(H,26,27)(H2,22,25,28)/t9-,12-/m0/s1. The summed E-state index contributed by atoms with van der Waals surface area (Å²) >= 11 is 5.62. The first-order valence-corrected chi connectivity index (χ1v) is 8.39. The maximum atomic E-state index is 14.6. The molecule has 0 radical (unpaired) electrons. The smallest absolute Gasteiger partial charge is 0.389 e. The summed E-state index contributed by atoms with van der Waals surface area (Å²) in [4.78, 5) is 30.8. The molecule has 1 fully saturated rings. The summed E-state index contributed by atoms with van der Waals surface area (Å²) in [5, 5.41) is 6.42. The van der Waals surface area contributed by atoms with E-state index in [1.165, 1.54) is 0 Å². The number of halogens is 5. The lowest BCUT2D eigenvalue weighted by Crippen LogP contribution is -2.44. The molecule has 2 heterocycles. The minimum Gasteiger partial charge on any atom is -0.401 e. The molecule has 1 aromatic heterocycles. The predicted molar refractivity (Wildman–Crippen MR) is 90.3 cm³/mol. The minimum absolute atomic E-state index is 0.0122. The molecule has 3 rings (SSSR count). The zero-order valence-corrected chi connectivity index (χ0v) is 15.0. The Kier molecular flexibility index (Phi) is 6.01. The molecule has 3 N–H and O–H groups in total. The number of aromatic nitrogens is 2. The van der Waals surface area contributed by atoms with Gasteiger partial charge in [0, 0.05) is 30.1 Å². The molecule has 13 heteroatoms. The number of ether oxygens (including phenoxy) is 1. The Labute approximate surface area is 165 Å². The van der Waals surface area contributed by atoms with E-state index in [4.69, 9.17) is 11.6 Å². The summed E-state index contributed by atoms with van der Waals surface area (Å²) in [5.74, 6) is -2.85. The molecule has 1 saturated heterocycles. The highest BCUT2D eigenvalue weighted by molar-refractivity contribution is 6.31. The highest BCUT2D eigenvalue weighted by atomic mass is 35.5. The van der Waals surface area contributed by atoms with E-state index >= 15 is 0 Å². The number of benzene rings is 1. The summed E-state index contributed by atoms with van der Waals surface area (Å²) in [6.45, 7) is -3.16. The van der Waals surface area contributed by atoms with E-state index in [1.807, 2.05) is 0 Å². The van der Waals surface area contributed by atoms with Crippen LogP contribution in [-0.2, 0) is 4.79 Å². The van der Waals surface area contributed by atoms with Crippen LogP contribution in [0.3, 0.4) is 0 Å². The maximum Gasteiger partial charge on any atom is 0.389 e. The number of urea groups is 1. The van der Waals surface area contributed by atoms with Gasteiger partial charge in [0.25, 0.3) is 0 Å². The van der Waals surface area contributed by atoms with Gasteiger partial charge in [-0.25, -0.2) is 23.5 Å². The zero-order valence-electron chi connectivity index (χ0n) is 14.3. The van der Waals surface area contributed by atoms with Crippen LogP contribution in [0, 0.1) is 11.6 Å². The summed E-state index contributed by atoms with van der Waals surface area (Å²) in [6, 6.07) is -1.47. The van der Waals surface area contributed by atoms with Gasteiger partial charge in [-0.3, -0.25) is 4.79 Å². The van der Waals surface area contributed by atoms with Gasteiger partial charge in [0.05, 0.1) is 6.04 Å². The molecule has 1 aromatic carbocycles. The first kappa shape index (κ1) is 20.6. The van der Waals surface area contributed by atoms with Gasteiger partial charge in [0.1, 0.15) is 22.7 Å². The molecule has 1 aliphatic heterocycles. The van der Waals surface area contributed by atoms with E-state index in [9.17, 15) is 27.2 Å². The number of nitrogens with one attached hydrogen (secondary N) is 3. The number of amides is 3. The molecule has 0 bridgehead atoms. The normalized spacial score (nSPS) is 16.9. The fraction of sp³-hybridized carbons (Fsp3) is 0.250. The summed E-state index contributed by atoms with van der Waals surface area (Å²) in [5.41, 5.74) is -0.160. The fourth-order valence-electron chi connectivity index (χ4n) is 2.58. The van der Waals surface area contributed by atoms with E-state index < -0.39 is 53.3 Å². The second-order valence-corrected chi connectivity index (χ2v) is 6.17. The van der Waals surface area contributed by atoms with Gasteiger partial charge in [-0.15, -0.1) is 0 Å². The van der Waals surface area contributed by atoms with Crippen LogP contribution in [0.1, 0.15) is 17.2 Å². The second-order valence-electron chi connectivity index (χ2n) is 5.79. The van der Waals surface area contributed by atoms with Gasteiger partial charge >= 0.3 is 18.7 Å². The Morgan fingerprint density at radius 3 is 2.55 bits per heavy atom. The van der Waals surface area contributed by atoms with Gasteiger partial charge in [0.2, 0.25) is 5.91 Å². The summed E-state index contributed by atoms with van der Waals surface area (Å²) in [7, 11) is 0. The van der Waals surface area contributed by atoms with Crippen LogP contribution < -0.4 is 20.7 Å². The molecule has 29 heavy (non-hydrogen) atoms. The van der Waals surface area contributed by atoms with Crippen LogP contribution in [0.5, 0.6) is 6.01 Å². The topological polar surface area (TPSA) is 105 Å². The van der Waals surface area contributed by atoms with E-state index in [1.54, 1.807) is 0 Å². The summed E-state index contributed by atoms with van der Waals surface area (Å²) in [6.07, 6.45) is 2.05. The SMILES string of the molecule is O=C1NC[C@@H](C(=O)N[C@@H](c2cnc(OC(F)F)nc2)c2ccc(F)c(Cl)c2F)N1. The van der Waals surface area contributed by atoms with Crippen molar-refractivity contribution in [2.45, 2.75) is 18.7 Å². The monoisotopic (exact) mass is 433 g/mol. The third-order valence-corrected chi connectivity index (χ3v) is 4.27. The van der Waals surface area contributed by atoms with Gasteiger partial charge < -0.3 is 20.7 Å². The van der Waals surface area contributed by atoms with Crippen molar-refractivity contribution >= 4 is 23.5 Å². The van der Waals surface area contributed by atoms with Crippen molar-refractivity contribution in [3.63, 3.8) is 0 Å². The Hall–Kier alpha value is -3.15. The molecule has 2 atom stereocenters. The van der Waals surface area contributed by atoms with Crippen molar-refractivity contribution in [3.05, 3.63) is 52.3 Å². The number of alkyl halides is 2. The Morgan fingerprint density at radius 1 is 1.28 bits per heavy atom. The lowest BCUT2D eigenvalue weighted by atomic mass is 10.00. The molecule has 0 unspecified atom stereocenters. The number of hydrogen-bond acceptors (Lipinski definition) is 5. The largest absolute Gasteiger partial charge is 0.401 e. The van der Waals surface area contributed by atoms with Gasteiger partial charge in [-0.1, -0.05) is 17.7 Å². The molecule has 0 saturated carbocycles. The number of hydrogen-bond donors (Lipinski definition) is 3. The quantitative estimate of drug-likeness (QED) is 0.476. The van der Waals surface area contributed by atoms with Crippen LogP contribution in [0.15, 0.2) is 24.5 Å². The van der Waals surface area contributed by atoms with Crippen molar-refractivity contribution in [1.82, 2.24) is 25.9 Å². The molecule has 154 valence electrons. The van der Waals surface area contributed by atoms with E-state index in [-0.39, 0.29) is 17.7 Å². The zero-order chi connectivity index (χ0) is 21.1. The number of rotatable bonds is 6. The Morgan fingerprint density at radius 2 is 1.97 bits per heavy atom. The van der Waals surface area contributed by atoms with Crippen LogP contribution in [0.2, 0.25) is 5.02 Å². The Bertz CT molecular complexity index is 932. The molecular weight excluding hydrogens is 422 g/mol. The average Bonchev–Trinajstić information content (AvgIpc) is 3.11. The van der Waals surface area contributed by atoms with E-state index in [0.29, 0.717) is 0 Å². The number of nitrogens with zero attached hydrogens (tertiary/aromatic N) is 2. The predicted octanol–water partition coefficient (Wildman–Crippen LogP) is 1.90. The molecule has 3 amide bonds. The maximum absolute atomic E-state index is 14.6. The van der Waals surface area contributed by atoms with E-state index in [2.05, 4.69) is 30.7 Å². The molecule has 2 aromatic rings. The highest BCUT2D eigenvalue weighted by Gasteiger charge is 2.31. The summed E-state index contributed by atoms with van der Waals surface area (Å²) < 4.78 is 56.7. The fourth-order valence-corrected chi connectivity index (χ4v) is 2.75. The molecule has 0 aliphatic carbocycles. The molecular formula is C16H12ClF4N5O3.